The average molecular weight is 285 g/mol. The summed E-state index contributed by atoms with van der Waals surface area (Å²) in [5.74, 6) is -0.277. The summed E-state index contributed by atoms with van der Waals surface area (Å²) >= 11 is 0. The van der Waals surface area contributed by atoms with Crippen LogP contribution in [0, 0.1) is 0 Å². The van der Waals surface area contributed by atoms with Crippen LogP contribution in [0.3, 0.4) is 0 Å². The molecular weight excluding hydrogens is 270 g/mol. The molecule has 1 aromatic heterocycles. The summed E-state index contributed by atoms with van der Waals surface area (Å²) in [4.78, 5) is 22.8. The third-order valence-corrected chi connectivity index (χ3v) is 3.49. The molecule has 5 nitrogen and oxygen atoms in total. The number of fused-ring (bicyclic) bond motifs is 1. The highest BCUT2D eigenvalue weighted by Gasteiger charge is 2.19. The van der Waals surface area contributed by atoms with E-state index in [2.05, 4.69) is 21.9 Å². The number of ether oxygens (including phenoxy) is 1. The van der Waals surface area contributed by atoms with Gasteiger partial charge in [0.25, 0.3) is 5.91 Å². The van der Waals surface area contributed by atoms with Gasteiger partial charge in [0, 0.05) is 19.0 Å². The van der Waals surface area contributed by atoms with Gasteiger partial charge < -0.3 is 14.5 Å². The van der Waals surface area contributed by atoms with Crippen molar-refractivity contribution in [2.24, 2.45) is 0 Å². The summed E-state index contributed by atoms with van der Waals surface area (Å²) in [6.45, 7) is 0.989. The van der Waals surface area contributed by atoms with Gasteiger partial charge in [0.2, 0.25) is 0 Å². The summed E-state index contributed by atoms with van der Waals surface area (Å²) in [5, 5.41) is 2.79. The summed E-state index contributed by atoms with van der Waals surface area (Å²) in [5.41, 5.74) is 2.31. The highest BCUT2D eigenvalue weighted by atomic mass is 16.5. The first kappa shape index (κ1) is 13.6. The summed E-state index contributed by atoms with van der Waals surface area (Å²) in [6.07, 6.45) is 1.90. The van der Waals surface area contributed by atoms with Crippen molar-refractivity contribution in [2.75, 3.05) is 6.54 Å². The number of benzene rings is 1. The summed E-state index contributed by atoms with van der Waals surface area (Å²) < 4.78 is 10.4. The fourth-order valence-corrected chi connectivity index (χ4v) is 2.34. The molecule has 2 aromatic rings. The van der Waals surface area contributed by atoms with E-state index < -0.39 is 5.63 Å². The summed E-state index contributed by atoms with van der Waals surface area (Å²) in [7, 11) is 0. The molecule has 2 heterocycles. The number of rotatable bonds is 3. The molecule has 0 saturated carbocycles. The highest BCUT2D eigenvalue weighted by Crippen LogP contribution is 2.19. The van der Waals surface area contributed by atoms with Gasteiger partial charge in [0.15, 0.2) is 0 Å². The van der Waals surface area contributed by atoms with Crippen molar-refractivity contribution >= 4 is 5.91 Å². The predicted molar refractivity (Wildman–Crippen MR) is 76.0 cm³/mol. The van der Waals surface area contributed by atoms with Crippen LogP contribution in [0.15, 0.2) is 51.9 Å². The minimum Gasteiger partial charge on any atom is -0.430 e. The maximum Gasteiger partial charge on any atom is 0.335 e. The number of hydrogen-bond acceptors (Lipinski definition) is 4. The molecule has 0 bridgehead atoms. The molecule has 0 spiro atoms. The van der Waals surface area contributed by atoms with Gasteiger partial charge in [-0.1, -0.05) is 24.3 Å². The molecule has 1 aliphatic heterocycles. The van der Waals surface area contributed by atoms with Crippen LogP contribution < -0.4 is 10.9 Å². The van der Waals surface area contributed by atoms with E-state index in [4.69, 9.17) is 4.74 Å². The Morgan fingerprint density at radius 3 is 2.76 bits per heavy atom. The lowest BCUT2D eigenvalue weighted by Gasteiger charge is -2.25. The molecule has 1 N–H and O–H groups in total. The summed E-state index contributed by atoms with van der Waals surface area (Å²) in [6, 6.07) is 10.8. The quantitative estimate of drug-likeness (QED) is 0.928. The zero-order valence-electron chi connectivity index (χ0n) is 11.4. The molecule has 1 unspecified atom stereocenters. The van der Waals surface area contributed by atoms with Crippen LogP contribution in [-0.4, -0.2) is 18.6 Å². The largest absolute Gasteiger partial charge is 0.430 e. The Kier molecular flexibility index (Phi) is 3.83. The predicted octanol–water partition coefficient (Wildman–Crippen LogP) is 1.51. The topological polar surface area (TPSA) is 68.5 Å². The van der Waals surface area contributed by atoms with Gasteiger partial charge in [-0.3, -0.25) is 4.79 Å². The second-order valence-corrected chi connectivity index (χ2v) is 4.96. The van der Waals surface area contributed by atoms with E-state index in [1.807, 2.05) is 12.1 Å². The highest BCUT2D eigenvalue weighted by molar-refractivity contribution is 5.93. The molecule has 3 rings (SSSR count). The lowest BCUT2D eigenvalue weighted by molar-refractivity contribution is 0.0284. The number of amides is 1. The smallest absolute Gasteiger partial charge is 0.335 e. The van der Waals surface area contributed by atoms with Crippen LogP contribution in [0.1, 0.15) is 21.5 Å². The second-order valence-electron chi connectivity index (χ2n) is 4.96. The fourth-order valence-electron chi connectivity index (χ4n) is 2.34. The lowest BCUT2D eigenvalue weighted by Crippen LogP contribution is -2.36. The third kappa shape index (κ3) is 3.20. The molecule has 0 aliphatic carbocycles. The standard InChI is InChI=1S/C16H15NO4/c18-15-6-5-13(10-21-15)16(19)17-8-14-7-11-3-1-2-4-12(11)9-20-14/h1-6,10,14H,7-9H2,(H,17,19). The van der Waals surface area contributed by atoms with Gasteiger partial charge in [-0.2, -0.15) is 0 Å². The Hall–Kier alpha value is -2.40. The molecular formula is C16H15NO4. The van der Waals surface area contributed by atoms with Crippen molar-refractivity contribution in [3.05, 3.63) is 69.8 Å². The molecule has 108 valence electrons. The average Bonchev–Trinajstić information content (AvgIpc) is 2.53. The zero-order chi connectivity index (χ0) is 14.7. The number of hydrogen-bond donors (Lipinski definition) is 1. The molecule has 1 aromatic carbocycles. The molecule has 1 atom stereocenters. The minimum atomic E-state index is -0.473. The van der Waals surface area contributed by atoms with Gasteiger partial charge >= 0.3 is 5.63 Å². The van der Waals surface area contributed by atoms with Crippen LogP contribution in [0.25, 0.3) is 0 Å². The van der Waals surface area contributed by atoms with Crippen molar-refractivity contribution in [1.82, 2.24) is 5.32 Å². The molecule has 1 aliphatic rings. The van der Waals surface area contributed by atoms with Crippen LogP contribution in [-0.2, 0) is 17.8 Å². The van der Waals surface area contributed by atoms with E-state index in [9.17, 15) is 9.59 Å². The van der Waals surface area contributed by atoms with Gasteiger partial charge in [0.1, 0.15) is 6.26 Å². The second kappa shape index (κ2) is 5.93. The van der Waals surface area contributed by atoms with Crippen molar-refractivity contribution < 1.29 is 13.9 Å². The van der Waals surface area contributed by atoms with E-state index >= 15 is 0 Å². The Morgan fingerprint density at radius 2 is 2.00 bits per heavy atom. The molecule has 5 heteroatoms. The maximum absolute atomic E-state index is 11.9. The minimum absolute atomic E-state index is 0.0421. The van der Waals surface area contributed by atoms with Crippen LogP contribution in [0.4, 0.5) is 0 Å². The van der Waals surface area contributed by atoms with E-state index in [0.29, 0.717) is 18.7 Å². The number of carbonyl (C=O) groups excluding carboxylic acids is 1. The number of carbonyl (C=O) groups is 1. The van der Waals surface area contributed by atoms with E-state index in [0.717, 1.165) is 12.7 Å². The Bertz CT molecular complexity index is 687. The molecule has 0 saturated heterocycles. The maximum atomic E-state index is 11.9. The van der Waals surface area contributed by atoms with Gasteiger partial charge in [-0.05, 0) is 17.2 Å². The van der Waals surface area contributed by atoms with Crippen molar-refractivity contribution in [2.45, 2.75) is 19.1 Å². The Balaban J connectivity index is 1.58. The van der Waals surface area contributed by atoms with Gasteiger partial charge in [-0.25, -0.2) is 4.79 Å². The number of nitrogens with one attached hydrogen (secondary N) is 1. The first-order valence-electron chi connectivity index (χ1n) is 6.78. The first-order valence-corrected chi connectivity index (χ1v) is 6.78. The lowest BCUT2D eigenvalue weighted by atomic mass is 9.99. The Labute approximate surface area is 121 Å². The van der Waals surface area contributed by atoms with Crippen molar-refractivity contribution in [3.63, 3.8) is 0 Å². The molecule has 21 heavy (non-hydrogen) atoms. The normalized spacial score (nSPS) is 17.0. The van der Waals surface area contributed by atoms with Crippen molar-refractivity contribution in [1.29, 1.82) is 0 Å². The van der Waals surface area contributed by atoms with Crippen LogP contribution >= 0.6 is 0 Å². The van der Waals surface area contributed by atoms with Gasteiger partial charge in [0.05, 0.1) is 18.3 Å². The first-order chi connectivity index (χ1) is 10.2. The van der Waals surface area contributed by atoms with E-state index in [1.165, 1.54) is 23.3 Å². The van der Waals surface area contributed by atoms with Crippen LogP contribution in [0.2, 0.25) is 0 Å². The van der Waals surface area contributed by atoms with E-state index in [-0.39, 0.29) is 12.0 Å². The zero-order valence-corrected chi connectivity index (χ0v) is 11.4. The Morgan fingerprint density at radius 1 is 1.19 bits per heavy atom. The third-order valence-electron chi connectivity index (χ3n) is 3.49. The van der Waals surface area contributed by atoms with E-state index in [1.54, 1.807) is 0 Å². The fraction of sp³-hybridized carbons (Fsp3) is 0.250. The van der Waals surface area contributed by atoms with Crippen molar-refractivity contribution in [3.8, 4) is 0 Å². The van der Waals surface area contributed by atoms with Crippen LogP contribution in [0.5, 0.6) is 0 Å². The molecule has 0 fully saturated rings. The molecule has 0 radical (unpaired) electrons. The molecule has 1 amide bonds. The monoisotopic (exact) mass is 285 g/mol. The SMILES string of the molecule is O=C(NCC1Cc2ccccc2CO1)c1ccc(=O)oc1. The van der Waals surface area contributed by atoms with Gasteiger partial charge in [-0.15, -0.1) is 0 Å².